The zero-order chi connectivity index (χ0) is 19.3. The fourth-order valence-corrected chi connectivity index (χ4v) is 3.80. The van der Waals surface area contributed by atoms with Gasteiger partial charge in [0, 0.05) is 38.6 Å². The van der Waals surface area contributed by atoms with E-state index in [0.717, 1.165) is 37.5 Å². The summed E-state index contributed by atoms with van der Waals surface area (Å²) in [5.41, 5.74) is 9.88. The molecule has 1 aliphatic carbocycles. The standard InChI is InChI=1S/C19H24N8O/c1-24-4-6-25(7-5-24)17-8-14(13-2-3-13)9-26-10-15(21-19(17)26)11-27-12-16(18(20)28)22-23-27/h8-10,12-13H,2-7,11H2,1H3,(H2,20,28). The molecule has 9 nitrogen and oxygen atoms in total. The Morgan fingerprint density at radius 2 is 1.96 bits per heavy atom. The molecule has 3 aromatic heterocycles. The van der Waals surface area contributed by atoms with Crippen LogP contribution in [0.15, 0.2) is 24.7 Å². The minimum atomic E-state index is -0.576. The highest BCUT2D eigenvalue weighted by Gasteiger charge is 2.27. The van der Waals surface area contributed by atoms with Gasteiger partial charge in [-0.3, -0.25) is 4.79 Å². The van der Waals surface area contributed by atoms with Gasteiger partial charge in [0.1, 0.15) is 0 Å². The van der Waals surface area contributed by atoms with E-state index in [1.54, 1.807) is 10.9 Å². The Morgan fingerprint density at radius 1 is 1.18 bits per heavy atom. The van der Waals surface area contributed by atoms with Crippen LogP contribution in [0.5, 0.6) is 0 Å². The average Bonchev–Trinajstić information content (AvgIpc) is 3.28. The molecule has 1 aliphatic heterocycles. The van der Waals surface area contributed by atoms with Gasteiger partial charge in [0.05, 0.1) is 24.1 Å². The Kier molecular flexibility index (Phi) is 4.04. The smallest absolute Gasteiger partial charge is 0.270 e. The van der Waals surface area contributed by atoms with E-state index >= 15 is 0 Å². The maximum Gasteiger partial charge on any atom is 0.270 e. The first-order valence-electron chi connectivity index (χ1n) is 9.72. The second-order valence-electron chi connectivity index (χ2n) is 7.85. The van der Waals surface area contributed by atoms with Crippen LogP contribution in [-0.4, -0.2) is 68.4 Å². The minimum Gasteiger partial charge on any atom is -0.366 e. The normalized spacial score (nSPS) is 18.1. The van der Waals surface area contributed by atoms with E-state index in [0.29, 0.717) is 12.5 Å². The van der Waals surface area contributed by atoms with Crippen LogP contribution in [0.25, 0.3) is 5.65 Å². The van der Waals surface area contributed by atoms with Gasteiger partial charge in [0.25, 0.3) is 5.91 Å². The van der Waals surface area contributed by atoms with Gasteiger partial charge in [-0.25, -0.2) is 9.67 Å². The predicted molar refractivity (Wildman–Crippen MR) is 105 cm³/mol. The zero-order valence-electron chi connectivity index (χ0n) is 16.0. The lowest BCUT2D eigenvalue weighted by atomic mass is 10.1. The molecule has 0 radical (unpaired) electrons. The molecule has 1 saturated carbocycles. The van der Waals surface area contributed by atoms with Crippen molar-refractivity contribution in [1.29, 1.82) is 0 Å². The van der Waals surface area contributed by atoms with Gasteiger partial charge in [-0.05, 0) is 37.4 Å². The van der Waals surface area contributed by atoms with Crippen LogP contribution in [0, 0.1) is 0 Å². The summed E-state index contributed by atoms with van der Waals surface area (Å²) in [4.78, 5) is 20.9. The SMILES string of the molecule is CN1CCN(c2cc(C3CC3)cn3cc(Cn4cc(C(N)=O)nn4)nc23)CC1. The number of hydrogen-bond donors (Lipinski definition) is 1. The summed E-state index contributed by atoms with van der Waals surface area (Å²) in [6.45, 7) is 4.58. The molecule has 2 fully saturated rings. The fourth-order valence-electron chi connectivity index (χ4n) is 3.80. The minimum absolute atomic E-state index is 0.165. The third-order valence-corrected chi connectivity index (χ3v) is 5.61. The highest BCUT2D eigenvalue weighted by Crippen LogP contribution is 2.41. The van der Waals surface area contributed by atoms with Crippen LogP contribution in [-0.2, 0) is 6.54 Å². The van der Waals surface area contributed by atoms with E-state index in [9.17, 15) is 4.79 Å². The zero-order valence-corrected chi connectivity index (χ0v) is 16.0. The van der Waals surface area contributed by atoms with Crippen molar-refractivity contribution in [2.24, 2.45) is 5.73 Å². The molecule has 1 saturated heterocycles. The monoisotopic (exact) mass is 380 g/mol. The number of imidazole rings is 1. The van der Waals surface area contributed by atoms with E-state index in [-0.39, 0.29) is 5.69 Å². The molecule has 3 aromatic rings. The van der Waals surface area contributed by atoms with Crippen molar-refractivity contribution in [2.75, 3.05) is 38.1 Å². The Labute approximate surface area is 162 Å². The van der Waals surface area contributed by atoms with E-state index in [4.69, 9.17) is 10.7 Å². The van der Waals surface area contributed by atoms with Crippen LogP contribution in [0.1, 0.15) is 40.5 Å². The molecule has 4 heterocycles. The van der Waals surface area contributed by atoms with Gasteiger partial charge in [0.15, 0.2) is 11.3 Å². The quantitative estimate of drug-likeness (QED) is 0.700. The number of hydrogen-bond acceptors (Lipinski definition) is 6. The maximum atomic E-state index is 11.2. The van der Waals surface area contributed by atoms with Crippen LogP contribution < -0.4 is 10.6 Å². The highest BCUT2D eigenvalue weighted by atomic mass is 16.1. The lowest BCUT2D eigenvalue weighted by Crippen LogP contribution is -2.44. The number of anilines is 1. The predicted octanol–water partition coefficient (Wildman–Crippen LogP) is 0.702. The van der Waals surface area contributed by atoms with Gasteiger partial charge < -0.3 is 19.9 Å². The number of fused-ring (bicyclic) bond motifs is 1. The number of likely N-dealkylation sites (N-methyl/N-ethyl adjacent to an activating group) is 1. The number of pyridine rings is 1. The Balaban J connectivity index is 1.50. The molecule has 5 rings (SSSR count). The van der Waals surface area contributed by atoms with Crippen molar-refractivity contribution >= 4 is 17.2 Å². The first-order chi connectivity index (χ1) is 13.6. The Bertz CT molecular complexity index is 1030. The molecular weight excluding hydrogens is 356 g/mol. The number of rotatable bonds is 5. The fraction of sp³-hybridized carbons (Fsp3) is 0.474. The number of amides is 1. The van der Waals surface area contributed by atoms with Gasteiger partial charge in [-0.1, -0.05) is 5.21 Å². The van der Waals surface area contributed by atoms with E-state index in [2.05, 4.69) is 43.8 Å². The summed E-state index contributed by atoms with van der Waals surface area (Å²) in [5, 5.41) is 7.78. The molecule has 0 unspecified atom stereocenters. The van der Waals surface area contributed by atoms with Gasteiger partial charge in [-0.2, -0.15) is 0 Å². The Hall–Kier alpha value is -2.94. The number of carbonyl (C=O) groups excluding carboxylic acids is 1. The summed E-state index contributed by atoms with van der Waals surface area (Å²) in [5.74, 6) is 0.0996. The van der Waals surface area contributed by atoms with Gasteiger partial charge in [-0.15, -0.1) is 5.10 Å². The topological polar surface area (TPSA) is 97.6 Å². The van der Waals surface area contributed by atoms with Crippen molar-refractivity contribution in [3.8, 4) is 0 Å². The molecule has 0 bridgehead atoms. The average molecular weight is 380 g/mol. The van der Waals surface area contributed by atoms with Crippen LogP contribution in [0.3, 0.4) is 0 Å². The van der Waals surface area contributed by atoms with Crippen LogP contribution in [0.4, 0.5) is 5.69 Å². The Morgan fingerprint density at radius 3 is 2.64 bits per heavy atom. The molecule has 28 heavy (non-hydrogen) atoms. The lowest BCUT2D eigenvalue weighted by Gasteiger charge is -2.34. The maximum absolute atomic E-state index is 11.2. The highest BCUT2D eigenvalue weighted by molar-refractivity contribution is 5.90. The van der Waals surface area contributed by atoms with Gasteiger partial charge >= 0.3 is 0 Å². The molecular formula is C19H24N8O. The first kappa shape index (κ1) is 17.2. The molecule has 2 aliphatic rings. The van der Waals surface area contributed by atoms with E-state index < -0.39 is 5.91 Å². The molecule has 146 valence electrons. The van der Waals surface area contributed by atoms with Crippen LogP contribution >= 0.6 is 0 Å². The van der Waals surface area contributed by atoms with Crippen molar-refractivity contribution in [3.05, 3.63) is 41.6 Å². The number of nitrogens with two attached hydrogens (primary N) is 1. The molecule has 2 N–H and O–H groups in total. The van der Waals surface area contributed by atoms with E-state index in [1.165, 1.54) is 24.1 Å². The molecule has 0 spiro atoms. The number of carbonyl (C=O) groups is 1. The summed E-state index contributed by atoms with van der Waals surface area (Å²) in [7, 11) is 2.17. The van der Waals surface area contributed by atoms with Crippen LogP contribution in [0.2, 0.25) is 0 Å². The molecule has 9 heteroatoms. The number of aromatic nitrogens is 5. The third-order valence-electron chi connectivity index (χ3n) is 5.61. The summed E-state index contributed by atoms with van der Waals surface area (Å²) in [6, 6.07) is 2.33. The van der Waals surface area contributed by atoms with Crippen molar-refractivity contribution in [3.63, 3.8) is 0 Å². The lowest BCUT2D eigenvalue weighted by molar-refractivity contribution is 0.0995. The largest absolute Gasteiger partial charge is 0.366 e. The molecule has 1 amide bonds. The van der Waals surface area contributed by atoms with Crippen molar-refractivity contribution in [2.45, 2.75) is 25.3 Å². The van der Waals surface area contributed by atoms with Crippen molar-refractivity contribution in [1.82, 2.24) is 29.3 Å². The first-order valence-corrected chi connectivity index (χ1v) is 9.72. The van der Waals surface area contributed by atoms with Crippen molar-refractivity contribution < 1.29 is 4.79 Å². The second-order valence-corrected chi connectivity index (χ2v) is 7.85. The summed E-state index contributed by atoms with van der Waals surface area (Å²) in [6.07, 6.45) is 8.35. The number of nitrogens with zero attached hydrogens (tertiary/aromatic N) is 7. The van der Waals surface area contributed by atoms with E-state index in [1.807, 2.05) is 6.20 Å². The van der Waals surface area contributed by atoms with Gasteiger partial charge in [0.2, 0.25) is 0 Å². The summed E-state index contributed by atoms with van der Waals surface area (Å²) >= 11 is 0. The third kappa shape index (κ3) is 3.22. The number of primary amides is 1. The molecule has 0 aromatic carbocycles. The summed E-state index contributed by atoms with van der Waals surface area (Å²) < 4.78 is 3.74. The number of piperazine rings is 1. The molecule has 0 atom stereocenters. The second kappa shape index (κ2) is 6.59.